The summed E-state index contributed by atoms with van der Waals surface area (Å²) in [5.41, 5.74) is 14.6. The van der Waals surface area contributed by atoms with Gasteiger partial charge >= 0.3 is 0 Å². The molecular weight excluding hydrogens is 907 g/mol. The molecule has 7 aromatic carbocycles. The molecule has 7 heteroatoms. The van der Waals surface area contributed by atoms with E-state index in [1.807, 2.05) is 43.8 Å². The molecule has 0 fully saturated rings. The van der Waals surface area contributed by atoms with Crippen molar-refractivity contribution in [3.8, 4) is 0 Å². The summed E-state index contributed by atoms with van der Waals surface area (Å²) in [5.74, 6) is -0.240. The van der Waals surface area contributed by atoms with Crippen LogP contribution >= 0.6 is 39.5 Å². The van der Waals surface area contributed by atoms with Gasteiger partial charge < -0.3 is 0 Å². The average Bonchev–Trinajstić information content (AvgIpc) is 3.32. The van der Waals surface area contributed by atoms with Crippen LogP contribution in [0.25, 0.3) is 5.57 Å². The highest BCUT2D eigenvalue weighted by molar-refractivity contribution is 9.10. The number of hydrogen-bond acceptors (Lipinski definition) is 5. The topological polar surface area (TPSA) is 46.5 Å². The molecule has 64 heavy (non-hydrogen) atoms. The molecule has 7 aromatic rings. The second-order valence-electron chi connectivity index (χ2n) is 16.4. The zero-order chi connectivity index (χ0) is 45.1. The van der Waals surface area contributed by atoms with Crippen molar-refractivity contribution in [3.63, 3.8) is 0 Å². The number of aryl methyl sites for hydroxylation is 3. The number of sulfone groups is 1. The van der Waals surface area contributed by atoms with Crippen LogP contribution in [0, 0.1) is 6.92 Å². The van der Waals surface area contributed by atoms with Gasteiger partial charge in [0.15, 0.2) is 9.84 Å². The Morgan fingerprint density at radius 2 is 1.09 bits per heavy atom. The van der Waals surface area contributed by atoms with Crippen molar-refractivity contribution in [2.45, 2.75) is 97.1 Å². The van der Waals surface area contributed by atoms with E-state index in [1.165, 1.54) is 96.2 Å². The monoisotopic (exact) mass is 961 g/mol. The van der Waals surface area contributed by atoms with Gasteiger partial charge in [0.25, 0.3) is 0 Å². The van der Waals surface area contributed by atoms with Crippen LogP contribution < -0.4 is 0 Å². The summed E-state index contributed by atoms with van der Waals surface area (Å²) >= 11 is 7.06. The summed E-state index contributed by atoms with van der Waals surface area (Å²) in [7, 11) is -3.43. The Labute approximate surface area is 398 Å². The SMILES string of the molecule is C=C(c1ccc(CCCC)cc1)c1ccc2c(c1)Cc1ccccc1S2.CC(=NCS(=O)(=O)c1ccc(C)cc1)c1ccc2c(c1)Cc1ccccc1S2.CCCc1ccc(Br)cc1. The summed E-state index contributed by atoms with van der Waals surface area (Å²) in [5, 5.41) is 0. The van der Waals surface area contributed by atoms with Crippen LogP contribution in [-0.2, 0) is 35.5 Å². The van der Waals surface area contributed by atoms with Crippen molar-refractivity contribution in [1.82, 2.24) is 0 Å². The van der Waals surface area contributed by atoms with E-state index in [0.29, 0.717) is 4.90 Å². The molecular formula is C57H56BrNO2S3. The number of halogens is 1. The molecule has 2 aliphatic rings. The van der Waals surface area contributed by atoms with Crippen molar-refractivity contribution in [1.29, 1.82) is 0 Å². The van der Waals surface area contributed by atoms with Gasteiger partial charge in [-0.1, -0.05) is 175 Å². The quantitative estimate of drug-likeness (QED) is 0.121. The molecule has 0 aliphatic carbocycles. The Morgan fingerprint density at radius 3 is 1.67 bits per heavy atom. The van der Waals surface area contributed by atoms with Crippen molar-refractivity contribution >= 4 is 60.6 Å². The lowest BCUT2D eigenvalue weighted by molar-refractivity contribution is 0.596. The van der Waals surface area contributed by atoms with Gasteiger partial charge in [-0.3, -0.25) is 4.99 Å². The van der Waals surface area contributed by atoms with E-state index in [9.17, 15) is 8.42 Å². The fourth-order valence-corrected chi connectivity index (χ4v) is 11.1. The maximum atomic E-state index is 12.5. The third-order valence-corrected chi connectivity index (χ3v) is 15.9. The zero-order valence-electron chi connectivity index (χ0n) is 37.2. The van der Waals surface area contributed by atoms with Crippen molar-refractivity contribution in [2.24, 2.45) is 4.99 Å². The fourth-order valence-electron chi connectivity index (χ4n) is 7.65. The molecule has 3 nitrogen and oxygen atoms in total. The molecule has 0 saturated heterocycles. The van der Waals surface area contributed by atoms with Gasteiger partial charge in [-0.25, -0.2) is 8.42 Å². The van der Waals surface area contributed by atoms with Crippen LogP contribution in [0.3, 0.4) is 0 Å². The lowest BCUT2D eigenvalue weighted by atomic mass is 9.94. The molecule has 0 bridgehead atoms. The molecule has 326 valence electrons. The van der Waals surface area contributed by atoms with E-state index in [-0.39, 0.29) is 5.88 Å². The predicted molar refractivity (Wildman–Crippen MR) is 276 cm³/mol. The van der Waals surface area contributed by atoms with Gasteiger partial charge in [0.2, 0.25) is 0 Å². The third-order valence-electron chi connectivity index (χ3n) is 11.5. The van der Waals surface area contributed by atoms with Crippen molar-refractivity contribution < 1.29 is 8.42 Å². The highest BCUT2D eigenvalue weighted by Crippen LogP contribution is 2.41. The molecule has 9 rings (SSSR count). The third kappa shape index (κ3) is 12.4. The summed E-state index contributed by atoms with van der Waals surface area (Å²) < 4.78 is 26.2. The highest BCUT2D eigenvalue weighted by atomic mass is 79.9. The van der Waals surface area contributed by atoms with Crippen LogP contribution in [0.2, 0.25) is 0 Å². The number of fused-ring (bicyclic) bond motifs is 4. The standard InChI is InChI=1S/C25H24S.C23H21NO2S2.C9H11Br/c1-3-4-7-19-10-12-20(13-11-19)18(2)21-14-15-25-23(16-21)17-22-8-5-6-9-24(22)26-25;1-16-7-10-21(11-8-16)28(25,26)15-24-17(2)18-9-12-23-20(13-18)14-19-5-3-4-6-22(19)27-23;1-2-3-8-4-6-9(10)7-5-8/h5-6,8-16H,2-4,7,17H2,1H3;3-13H,14-15H2,1-2H3;4-7H,2-3H2,1H3. The van der Waals surface area contributed by atoms with Crippen LogP contribution in [0.1, 0.15) is 95.7 Å². The molecule has 0 N–H and O–H groups in total. The summed E-state index contributed by atoms with van der Waals surface area (Å²) in [6.45, 7) is 12.6. The van der Waals surface area contributed by atoms with E-state index >= 15 is 0 Å². The maximum Gasteiger partial charge on any atom is 0.198 e. The smallest absolute Gasteiger partial charge is 0.198 e. The zero-order valence-corrected chi connectivity index (χ0v) is 41.3. The summed E-state index contributed by atoms with van der Waals surface area (Å²) in [6.07, 6.45) is 7.97. The molecule has 0 amide bonds. The number of hydrogen-bond donors (Lipinski definition) is 0. The normalized spacial score (nSPS) is 12.5. The van der Waals surface area contributed by atoms with Gasteiger partial charge in [-0.2, -0.15) is 0 Å². The number of nitrogens with zero attached hydrogens (tertiary/aromatic N) is 1. The Kier molecular flexibility index (Phi) is 16.4. The molecule has 2 heterocycles. The van der Waals surface area contributed by atoms with Gasteiger partial charge in [-0.15, -0.1) is 0 Å². The average molecular weight is 963 g/mol. The summed E-state index contributed by atoms with van der Waals surface area (Å²) in [6, 6.07) is 54.6. The van der Waals surface area contributed by atoms with E-state index in [1.54, 1.807) is 23.9 Å². The second-order valence-corrected chi connectivity index (χ2v) is 21.4. The second kappa shape index (κ2) is 22.3. The van der Waals surface area contributed by atoms with Crippen LogP contribution in [0.5, 0.6) is 0 Å². The lowest BCUT2D eigenvalue weighted by Crippen LogP contribution is -2.08. The predicted octanol–water partition coefficient (Wildman–Crippen LogP) is 15.8. The van der Waals surface area contributed by atoms with E-state index in [0.717, 1.165) is 39.7 Å². The molecule has 0 aromatic heterocycles. The van der Waals surface area contributed by atoms with Gasteiger partial charge in [0.1, 0.15) is 5.88 Å². The number of benzene rings is 7. The Bertz CT molecular complexity index is 2850. The van der Waals surface area contributed by atoms with E-state index in [2.05, 4.69) is 169 Å². The van der Waals surface area contributed by atoms with Crippen LogP contribution in [0.4, 0.5) is 0 Å². The van der Waals surface area contributed by atoms with Gasteiger partial charge in [0, 0.05) is 29.8 Å². The Morgan fingerprint density at radius 1 is 0.594 bits per heavy atom. The van der Waals surface area contributed by atoms with E-state index < -0.39 is 9.84 Å². The molecule has 2 aliphatic heterocycles. The van der Waals surface area contributed by atoms with Gasteiger partial charge in [-0.05, 0) is 162 Å². The first-order chi connectivity index (χ1) is 31.0. The Balaban J connectivity index is 0.000000158. The lowest BCUT2D eigenvalue weighted by Gasteiger charge is -2.20. The highest BCUT2D eigenvalue weighted by Gasteiger charge is 2.19. The Hall–Kier alpha value is -4.92. The van der Waals surface area contributed by atoms with Crippen LogP contribution in [0.15, 0.2) is 198 Å². The molecule has 0 radical (unpaired) electrons. The molecule has 0 atom stereocenters. The van der Waals surface area contributed by atoms with Crippen molar-refractivity contribution in [2.75, 3.05) is 5.88 Å². The minimum absolute atomic E-state index is 0.240. The molecule has 0 spiro atoms. The van der Waals surface area contributed by atoms with Crippen molar-refractivity contribution in [3.05, 3.63) is 224 Å². The number of aliphatic imine (C=N–C) groups is 1. The van der Waals surface area contributed by atoms with Crippen LogP contribution in [-0.4, -0.2) is 20.0 Å². The largest absolute Gasteiger partial charge is 0.273 e. The number of rotatable bonds is 11. The minimum Gasteiger partial charge on any atom is -0.273 e. The van der Waals surface area contributed by atoms with E-state index in [4.69, 9.17) is 0 Å². The first-order valence-corrected chi connectivity index (χ1v) is 26.2. The maximum absolute atomic E-state index is 12.5. The minimum atomic E-state index is -3.43. The van der Waals surface area contributed by atoms with Gasteiger partial charge in [0.05, 0.1) is 4.90 Å². The molecule has 0 saturated carbocycles. The molecule has 0 unspecified atom stereocenters. The first-order valence-electron chi connectivity index (χ1n) is 22.1. The fraction of sp³-hybridized carbons (Fsp3) is 0.211. The first kappa shape index (κ1) is 47.1. The number of unbranched alkanes of at least 4 members (excludes halogenated alkanes) is 1. The summed E-state index contributed by atoms with van der Waals surface area (Å²) in [4.78, 5) is 10.0.